The summed E-state index contributed by atoms with van der Waals surface area (Å²) in [6.07, 6.45) is 9.17. The van der Waals surface area contributed by atoms with Crippen molar-refractivity contribution in [3.05, 3.63) is 72.3 Å². The van der Waals surface area contributed by atoms with Crippen molar-refractivity contribution in [3.8, 4) is 11.1 Å². The van der Waals surface area contributed by atoms with Crippen molar-refractivity contribution >= 4 is 27.1 Å². The van der Waals surface area contributed by atoms with Crippen LogP contribution in [-0.2, 0) is 21.3 Å². The second kappa shape index (κ2) is 9.77. The van der Waals surface area contributed by atoms with E-state index in [0.717, 1.165) is 67.0 Å². The van der Waals surface area contributed by atoms with Crippen LogP contribution >= 0.6 is 0 Å². The van der Waals surface area contributed by atoms with Crippen LogP contribution in [0, 0.1) is 0 Å². The highest BCUT2D eigenvalue weighted by molar-refractivity contribution is 7.90. The first-order valence-electron chi connectivity index (χ1n) is 11.7. The Morgan fingerprint density at radius 2 is 1.83 bits per heavy atom. The van der Waals surface area contributed by atoms with Crippen LogP contribution in [0.2, 0.25) is 0 Å². The third kappa shape index (κ3) is 4.93. The Bertz CT molecular complexity index is 1460. The van der Waals surface area contributed by atoms with Crippen LogP contribution in [0.5, 0.6) is 0 Å². The van der Waals surface area contributed by atoms with Gasteiger partial charge in [0.2, 0.25) is 0 Å². The van der Waals surface area contributed by atoms with E-state index >= 15 is 0 Å². The zero-order chi connectivity index (χ0) is 24.4. The van der Waals surface area contributed by atoms with Gasteiger partial charge in [-0.2, -0.15) is 5.10 Å². The number of benzene rings is 1. The summed E-state index contributed by atoms with van der Waals surface area (Å²) in [4.78, 5) is 7.15. The predicted octanol–water partition coefficient (Wildman–Crippen LogP) is 3.89. The standard InChI is InChI=1S/C26H29N5O3S/c1-20(2)14-21-15-24-25(22-17-28-30(18-22)9-8-29-10-12-34-13-11-29)19-31(26(24)27-16-21)35(32,33)23-6-4-3-5-7-23/h3-7,14-19H,8-13H2,1-2H3. The summed E-state index contributed by atoms with van der Waals surface area (Å²) in [5, 5.41) is 5.32. The lowest BCUT2D eigenvalue weighted by molar-refractivity contribution is 0.0360. The Morgan fingerprint density at radius 1 is 1.06 bits per heavy atom. The first kappa shape index (κ1) is 23.5. The Morgan fingerprint density at radius 3 is 2.57 bits per heavy atom. The highest BCUT2D eigenvalue weighted by Crippen LogP contribution is 2.33. The molecule has 0 amide bonds. The topological polar surface area (TPSA) is 82.2 Å². The molecular weight excluding hydrogens is 462 g/mol. The molecule has 0 spiro atoms. The molecule has 3 aromatic heterocycles. The molecule has 1 aliphatic heterocycles. The minimum atomic E-state index is -3.81. The van der Waals surface area contributed by atoms with Crippen molar-refractivity contribution in [2.24, 2.45) is 0 Å². The van der Waals surface area contributed by atoms with Crippen molar-refractivity contribution in [1.29, 1.82) is 0 Å². The highest BCUT2D eigenvalue weighted by atomic mass is 32.2. The zero-order valence-corrected chi connectivity index (χ0v) is 20.8. The molecule has 0 radical (unpaired) electrons. The van der Waals surface area contributed by atoms with Crippen molar-refractivity contribution in [1.82, 2.24) is 23.6 Å². The second-order valence-corrected chi connectivity index (χ2v) is 10.8. The van der Waals surface area contributed by atoms with E-state index in [1.165, 1.54) is 3.97 Å². The minimum absolute atomic E-state index is 0.222. The Hall–Kier alpha value is -3.27. The lowest BCUT2D eigenvalue weighted by atomic mass is 10.1. The number of aromatic nitrogens is 4. The van der Waals surface area contributed by atoms with Gasteiger partial charge >= 0.3 is 0 Å². The fraction of sp³-hybridized carbons (Fsp3) is 0.308. The lowest BCUT2D eigenvalue weighted by Crippen LogP contribution is -2.38. The molecule has 182 valence electrons. The number of allylic oxidation sites excluding steroid dienone is 1. The molecular formula is C26H29N5O3S. The SMILES string of the molecule is CC(C)=Cc1cnc2c(c1)c(-c1cnn(CCN3CCOCC3)c1)cn2S(=O)(=O)c1ccccc1. The number of hydrogen-bond acceptors (Lipinski definition) is 6. The van der Waals surface area contributed by atoms with Gasteiger partial charge in [0.05, 0.1) is 30.9 Å². The molecule has 0 aliphatic carbocycles. The first-order chi connectivity index (χ1) is 16.9. The number of ether oxygens (including phenoxy) is 1. The molecule has 4 heterocycles. The molecule has 0 N–H and O–H groups in total. The molecule has 5 rings (SSSR count). The zero-order valence-electron chi connectivity index (χ0n) is 20.0. The summed E-state index contributed by atoms with van der Waals surface area (Å²) >= 11 is 0. The van der Waals surface area contributed by atoms with Crippen LogP contribution in [0.25, 0.3) is 28.2 Å². The second-order valence-electron chi connectivity index (χ2n) is 8.96. The fourth-order valence-electron chi connectivity index (χ4n) is 4.32. The highest BCUT2D eigenvalue weighted by Gasteiger charge is 2.23. The molecule has 8 nitrogen and oxygen atoms in total. The van der Waals surface area contributed by atoms with E-state index in [9.17, 15) is 8.42 Å². The average Bonchev–Trinajstić information content (AvgIpc) is 3.48. The Kier molecular flexibility index (Phi) is 6.55. The maximum atomic E-state index is 13.5. The normalized spacial score (nSPS) is 14.9. The maximum absolute atomic E-state index is 13.5. The van der Waals surface area contributed by atoms with Gasteiger partial charge in [0.1, 0.15) is 0 Å². The van der Waals surface area contributed by atoms with Gasteiger partial charge in [0, 0.05) is 54.7 Å². The van der Waals surface area contributed by atoms with E-state index in [4.69, 9.17) is 4.74 Å². The molecule has 0 bridgehead atoms. The van der Waals surface area contributed by atoms with Gasteiger partial charge in [-0.3, -0.25) is 9.58 Å². The van der Waals surface area contributed by atoms with Gasteiger partial charge in [0.15, 0.2) is 5.65 Å². The molecule has 0 saturated carbocycles. The first-order valence-corrected chi connectivity index (χ1v) is 13.2. The number of nitrogens with zero attached hydrogens (tertiary/aromatic N) is 5. The van der Waals surface area contributed by atoms with Crippen molar-refractivity contribution in [2.75, 3.05) is 32.8 Å². The third-order valence-electron chi connectivity index (χ3n) is 6.08. The van der Waals surface area contributed by atoms with Gasteiger partial charge in [-0.1, -0.05) is 29.8 Å². The molecule has 0 atom stereocenters. The van der Waals surface area contributed by atoms with E-state index in [1.54, 1.807) is 48.9 Å². The summed E-state index contributed by atoms with van der Waals surface area (Å²) in [5.74, 6) is 0. The van der Waals surface area contributed by atoms with Gasteiger partial charge in [-0.05, 0) is 37.6 Å². The monoisotopic (exact) mass is 491 g/mol. The lowest BCUT2D eigenvalue weighted by Gasteiger charge is -2.26. The van der Waals surface area contributed by atoms with Gasteiger partial charge in [-0.25, -0.2) is 17.4 Å². The summed E-state index contributed by atoms with van der Waals surface area (Å²) in [6, 6.07) is 10.4. The average molecular weight is 492 g/mol. The summed E-state index contributed by atoms with van der Waals surface area (Å²) < 4.78 is 35.6. The van der Waals surface area contributed by atoms with Crippen LogP contribution in [-0.4, -0.2) is 64.9 Å². The molecule has 9 heteroatoms. The Balaban J connectivity index is 1.55. The molecule has 1 aliphatic rings. The summed E-state index contributed by atoms with van der Waals surface area (Å²) in [5.41, 5.74) is 4.10. The van der Waals surface area contributed by atoms with Crippen LogP contribution < -0.4 is 0 Å². The molecule has 1 fully saturated rings. The van der Waals surface area contributed by atoms with Gasteiger partial charge < -0.3 is 4.74 Å². The number of pyridine rings is 1. The quantitative estimate of drug-likeness (QED) is 0.390. The van der Waals surface area contributed by atoms with Crippen LogP contribution in [0.4, 0.5) is 0 Å². The summed E-state index contributed by atoms with van der Waals surface area (Å²) in [7, 11) is -3.81. The fourth-order valence-corrected chi connectivity index (χ4v) is 5.67. The van der Waals surface area contributed by atoms with E-state index < -0.39 is 10.0 Å². The molecule has 1 saturated heterocycles. The third-order valence-corrected chi connectivity index (χ3v) is 7.75. The number of hydrogen-bond donors (Lipinski definition) is 0. The Labute approximate surface area is 205 Å². The largest absolute Gasteiger partial charge is 0.379 e. The number of rotatable bonds is 7. The van der Waals surface area contributed by atoms with Crippen LogP contribution in [0.3, 0.4) is 0 Å². The van der Waals surface area contributed by atoms with Gasteiger partial charge in [-0.15, -0.1) is 0 Å². The van der Waals surface area contributed by atoms with E-state index in [0.29, 0.717) is 5.65 Å². The van der Waals surface area contributed by atoms with E-state index in [-0.39, 0.29) is 4.90 Å². The minimum Gasteiger partial charge on any atom is -0.379 e. The predicted molar refractivity (Wildman–Crippen MR) is 137 cm³/mol. The van der Waals surface area contributed by atoms with Gasteiger partial charge in [0.25, 0.3) is 10.0 Å². The van der Waals surface area contributed by atoms with Crippen LogP contribution in [0.1, 0.15) is 19.4 Å². The van der Waals surface area contributed by atoms with E-state index in [1.807, 2.05) is 36.9 Å². The molecule has 35 heavy (non-hydrogen) atoms. The number of morpholine rings is 1. The maximum Gasteiger partial charge on any atom is 0.269 e. The van der Waals surface area contributed by atoms with Crippen LogP contribution in [0.15, 0.2) is 71.7 Å². The molecule has 0 unspecified atom stereocenters. The smallest absolute Gasteiger partial charge is 0.269 e. The van der Waals surface area contributed by atoms with Crippen molar-refractivity contribution in [2.45, 2.75) is 25.3 Å². The molecule has 4 aromatic rings. The number of fused-ring (bicyclic) bond motifs is 1. The van der Waals surface area contributed by atoms with E-state index in [2.05, 4.69) is 15.0 Å². The molecule has 1 aromatic carbocycles. The van der Waals surface area contributed by atoms with Crippen molar-refractivity contribution in [3.63, 3.8) is 0 Å². The summed E-state index contributed by atoms with van der Waals surface area (Å²) in [6.45, 7) is 9.07. The van der Waals surface area contributed by atoms with Crippen molar-refractivity contribution < 1.29 is 13.2 Å².